The Kier molecular flexibility index (Phi) is 3.39. The summed E-state index contributed by atoms with van der Waals surface area (Å²) >= 11 is 0. The van der Waals surface area contributed by atoms with Gasteiger partial charge in [0.1, 0.15) is 0 Å². The van der Waals surface area contributed by atoms with E-state index in [1.54, 1.807) is 19.1 Å². The normalized spacial score (nSPS) is 9.78. The van der Waals surface area contributed by atoms with Gasteiger partial charge in [-0.3, -0.25) is 9.78 Å². The number of nitrogens with one attached hydrogen (secondary N) is 2. The number of H-pyrrole nitrogens is 1. The summed E-state index contributed by atoms with van der Waals surface area (Å²) in [4.78, 5) is 18.0. The number of nitrogens with zero attached hydrogens (tertiary/aromatic N) is 2. The zero-order valence-corrected chi connectivity index (χ0v) is 9.90. The lowest BCUT2D eigenvalue weighted by molar-refractivity contribution is 1.01. The van der Waals surface area contributed by atoms with Gasteiger partial charge in [-0.1, -0.05) is 12.1 Å². The molecule has 1 aromatic carbocycles. The highest BCUT2D eigenvalue weighted by atomic mass is 16.1. The highest BCUT2D eigenvalue weighted by molar-refractivity contribution is 5.34. The molecule has 5 heteroatoms. The standard InChI is InChI=1S/C13H12N4O/c1-9-6-12(18)17-13(16-9)15-8-11-4-2-10(7-14)3-5-11/h2-6H,8H2,1H3,(H2,15,16,17,18). The minimum absolute atomic E-state index is 0.176. The molecule has 0 aliphatic carbocycles. The van der Waals surface area contributed by atoms with Crippen molar-refractivity contribution in [3.8, 4) is 6.07 Å². The van der Waals surface area contributed by atoms with Crippen LogP contribution in [0, 0.1) is 18.3 Å². The van der Waals surface area contributed by atoms with Crippen molar-refractivity contribution in [2.24, 2.45) is 0 Å². The van der Waals surface area contributed by atoms with E-state index in [9.17, 15) is 4.79 Å². The third kappa shape index (κ3) is 2.95. The van der Waals surface area contributed by atoms with Crippen LogP contribution in [-0.2, 0) is 6.54 Å². The average Bonchev–Trinajstić information content (AvgIpc) is 2.36. The van der Waals surface area contributed by atoms with Crippen molar-refractivity contribution in [3.05, 3.63) is 57.5 Å². The first kappa shape index (κ1) is 11.9. The molecule has 0 fully saturated rings. The molecule has 2 rings (SSSR count). The van der Waals surface area contributed by atoms with Crippen LogP contribution >= 0.6 is 0 Å². The molecule has 0 atom stereocenters. The van der Waals surface area contributed by atoms with E-state index >= 15 is 0 Å². The average molecular weight is 240 g/mol. The second kappa shape index (κ2) is 5.15. The van der Waals surface area contributed by atoms with Gasteiger partial charge >= 0.3 is 0 Å². The molecule has 0 saturated heterocycles. The zero-order valence-electron chi connectivity index (χ0n) is 9.90. The largest absolute Gasteiger partial charge is 0.352 e. The molecule has 0 amide bonds. The third-order valence-electron chi connectivity index (χ3n) is 2.41. The van der Waals surface area contributed by atoms with Gasteiger partial charge in [-0.2, -0.15) is 5.26 Å². The van der Waals surface area contributed by atoms with Crippen LogP contribution in [-0.4, -0.2) is 9.97 Å². The van der Waals surface area contributed by atoms with E-state index in [1.807, 2.05) is 12.1 Å². The highest BCUT2D eigenvalue weighted by Gasteiger charge is 1.98. The second-order valence-electron chi connectivity index (χ2n) is 3.90. The first-order valence-corrected chi connectivity index (χ1v) is 5.48. The zero-order chi connectivity index (χ0) is 13.0. The number of aromatic nitrogens is 2. The van der Waals surface area contributed by atoms with Gasteiger partial charge < -0.3 is 5.32 Å². The monoisotopic (exact) mass is 240 g/mol. The van der Waals surface area contributed by atoms with Crippen molar-refractivity contribution in [2.75, 3.05) is 5.32 Å². The fourth-order valence-electron chi connectivity index (χ4n) is 1.55. The van der Waals surface area contributed by atoms with Crippen LogP contribution in [0.25, 0.3) is 0 Å². The van der Waals surface area contributed by atoms with Crippen LogP contribution in [0.5, 0.6) is 0 Å². The topological polar surface area (TPSA) is 81.6 Å². The fourth-order valence-corrected chi connectivity index (χ4v) is 1.55. The lowest BCUT2D eigenvalue weighted by atomic mass is 10.1. The van der Waals surface area contributed by atoms with Gasteiger partial charge in [-0.15, -0.1) is 0 Å². The summed E-state index contributed by atoms with van der Waals surface area (Å²) in [6.07, 6.45) is 0. The van der Waals surface area contributed by atoms with Crippen LogP contribution in [0.1, 0.15) is 16.8 Å². The molecule has 18 heavy (non-hydrogen) atoms. The Bertz CT molecular complexity index is 637. The van der Waals surface area contributed by atoms with Gasteiger partial charge in [0.2, 0.25) is 5.95 Å². The first-order chi connectivity index (χ1) is 8.67. The van der Waals surface area contributed by atoms with Gasteiger partial charge in [0.15, 0.2) is 0 Å². The highest BCUT2D eigenvalue weighted by Crippen LogP contribution is 2.05. The molecule has 2 aromatic rings. The molecule has 5 nitrogen and oxygen atoms in total. The minimum Gasteiger partial charge on any atom is -0.352 e. The number of aromatic amines is 1. The van der Waals surface area contributed by atoms with Crippen LogP contribution in [0.4, 0.5) is 5.95 Å². The Morgan fingerprint density at radius 1 is 1.39 bits per heavy atom. The summed E-state index contributed by atoms with van der Waals surface area (Å²) in [6.45, 7) is 2.31. The molecule has 2 N–H and O–H groups in total. The maximum atomic E-state index is 11.2. The van der Waals surface area contributed by atoms with Crippen LogP contribution < -0.4 is 10.9 Å². The molecule has 0 saturated carbocycles. The molecule has 0 unspecified atom stereocenters. The summed E-state index contributed by atoms with van der Waals surface area (Å²) < 4.78 is 0. The Morgan fingerprint density at radius 3 is 2.72 bits per heavy atom. The number of benzene rings is 1. The third-order valence-corrected chi connectivity index (χ3v) is 2.41. The SMILES string of the molecule is Cc1cc(=O)[nH]c(NCc2ccc(C#N)cc2)n1. The maximum absolute atomic E-state index is 11.2. The lowest BCUT2D eigenvalue weighted by Crippen LogP contribution is -2.12. The first-order valence-electron chi connectivity index (χ1n) is 5.48. The quantitative estimate of drug-likeness (QED) is 0.853. The van der Waals surface area contributed by atoms with Gasteiger partial charge in [0.05, 0.1) is 11.6 Å². The van der Waals surface area contributed by atoms with E-state index in [0.29, 0.717) is 23.8 Å². The molecule has 90 valence electrons. The molecule has 0 aliphatic heterocycles. The Balaban J connectivity index is 2.06. The van der Waals surface area contributed by atoms with Crippen LogP contribution in [0.3, 0.4) is 0 Å². The minimum atomic E-state index is -0.176. The molecule has 1 heterocycles. The number of hydrogen-bond donors (Lipinski definition) is 2. The predicted octanol–water partition coefficient (Wildman–Crippen LogP) is 1.56. The Hall–Kier alpha value is -2.61. The maximum Gasteiger partial charge on any atom is 0.252 e. The molecule has 0 radical (unpaired) electrons. The number of aryl methyl sites for hydroxylation is 1. The van der Waals surface area contributed by atoms with Gasteiger partial charge in [0.25, 0.3) is 5.56 Å². The van der Waals surface area contributed by atoms with E-state index in [2.05, 4.69) is 21.4 Å². The molecule has 0 bridgehead atoms. The van der Waals surface area contributed by atoms with Crippen molar-refractivity contribution in [2.45, 2.75) is 13.5 Å². The number of nitriles is 1. The number of hydrogen-bond acceptors (Lipinski definition) is 4. The Labute approximate surface area is 104 Å². The van der Waals surface area contributed by atoms with Crippen LogP contribution in [0.2, 0.25) is 0 Å². The van der Waals surface area contributed by atoms with E-state index in [0.717, 1.165) is 5.56 Å². The Morgan fingerprint density at radius 2 is 2.11 bits per heavy atom. The van der Waals surface area contributed by atoms with E-state index in [1.165, 1.54) is 6.07 Å². The molecule has 1 aromatic heterocycles. The number of rotatable bonds is 3. The predicted molar refractivity (Wildman–Crippen MR) is 68.1 cm³/mol. The summed E-state index contributed by atoms with van der Waals surface area (Å²) in [6, 6.07) is 10.7. The van der Waals surface area contributed by atoms with E-state index in [4.69, 9.17) is 5.26 Å². The number of anilines is 1. The molecule has 0 spiro atoms. The fraction of sp³-hybridized carbons (Fsp3) is 0.154. The second-order valence-corrected chi connectivity index (χ2v) is 3.90. The molecular formula is C13H12N4O. The van der Waals surface area contributed by atoms with Crippen molar-refractivity contribution in [1.82, 2.24) is 9.97 Å². The van der Waals surface area contributed by atoms with Crippen LogP contribution in [0.15, 0.2) is 35.1 Å². The summed E-state index contributed by atoms with van der Waals surface area (Å²) in [5.74, 6) is 0.448. The van der Waals surface area contributed by atoms with E-state index < -0.39 is 0 Å². The lowest BCUT2D eigenvalue weighted by Gasteiger charge is -2.05. The summed E-state index contributed by atoms with van der Waals surface area (Å²) in [7, 11) is 0. The van der Waals surface area contributed by atoms with Gasteiger partial charge in [0, 0.05) is 18.3 Å². The molecular weight excluding hydrogens is 228 g/mol. The molecule has 0 aliphatic rings. The van der Waals surface area contributed by atoms with Gasteiger partial charge in [-0.05, 0) is 24.6 Å². The summed E-state index contributed by atoms with van der Waals surface area (Å²) in [5, 5.41) is 11.7. The van der Waals surface area contributed by atoms with Crippen molar-refractivity contribution >= 4 is 5.95 Å². The van der Waals surface area contributed by atoms with Gasteiger partial charge in [-0.25, -0.2) is 4.98 Å². The smallest absolute Gasteiger partial charge is 0.252 e. The van der Waals surface area contributed by atoms with Crippen molar-refractivity contribution in [1.29, 1.82) is 5.26 Å². The summed E-state index contributed by atoms with van der Waals surface area (Å²) in [5.41, 5.74) is 2.13. The van der Waals surface area contributed by atoms with Crippen molar-refractivity contribution in [3.63, 3.8) is 0 Å². The van der Waals surface area contributed by atoms with E-state index in [-0.39, 0.29) is 5.56 Å². The van der Waals surface area contributed by atoms with Crippen molar-refractivity contribution < 1.29 is 0 Å².